The van der Waals surface area contributed by atoms with E-state index in [-0.39, 0.29) is 11.2 Å². The van der Waals surface area contributed by atoms with Gasteiger partial charge in [-0.1, -0.05) is 19.9 Å². The highest BCUT2D eigenvalue weighted by atomic mass is 16.5. The lowest BCUT2D eigenvalue weighted by atomic mass is 9.68. The van der Waals surface area contributed by atoms with Crippen LogP contribution in [0.5, 0.6) is 0 Å². The number of hydrogen-bond donors (Lipinski definition) is 0. The molecule has 2 aliphatic heterocycles. The lowest BCUT2D eigenvalue weighted by molar-refractivity contribution is 0.0115. The van der Waals surface area contributed by atoms with E-state index in [1.54, 1.807) is 0 Å². The summed E-state index contributed by atoms with van der Waals surface area (Å²) in [6.45, 7) is 10.4. The second-order valence-electron chi connectivity index (χ2n) is 10.6. The Morgan fingerprint density at radius 3 is 2.47 bits per heavy atom. The highest BCUT2D eigenvalue weighted by Crippen LogP contribution is 2.50. The SMILES string of the molecule is CC1(C)C2=C(C(=O)c3ccc(N4CCC(N5CCOCC5)CC4)cc31)c1ccc(C#N)cc1C2. The number of benzene rings is 2. The first-order valence-electron chi connectivity index (χ1n) is 12.5. The van der Waals surface area contributed by atoms with E-state index < -0.39 is 0 Å². The minimum Gasteiger partial charge on any atom is -0.379 e. The van der Waals surface area contributed by atoms with Crippen LogP contribution < -0.4 is 4.90 Å². The summed E-state index contributed by atoms with van der Waals surface area (Å²) >= 11 is 0. The molecule has 0 bridgehead atoms. The molecule has 2 aromatic rings. The van der Waals surface area contributed by atoms with Gasteiger partial charge in [0.1, 0.15) is 0 Å². The van der Waals surface area contributed by atoms with Gasteiger partial charge in [-0.15, -0.1) is 0 Å². The topological polar surface area (TPSA) is 56.6 Å². The van der Waals surface area contributed by atoms with Crippen LogP contribution in [0.25, 0.3) is 5.57 Å². The molecule has 0 N–H and O–H groups in total. The normalized spacial score (nSPS) is 22.3. The number of fused-ring (bicyclic) bond motifs is 3. The van der Waals surface area contributed by atoms with Crippen molar-refractivity contribution >= 4 is 17.0 Å². The second-order valence-corrected chi connectivity index (χ2v) is 10.6. The average Bonchev–Trinajstić information content (AvgIpc) is 3.28. The number of carbonyl (C=O) groups is 1. The number of hydrogen-bond acceptors (Lipinski definition) is 5. The van der Waals surface area contributed by atoms with Crippen molar-refractivity contribution in [2.75, 3.05) is 44.3 Å². The van der Waals surface area contributed by atoms with E-state index in [9.17, 15) is 10.1 Å². The Morgan fingerprint density at radius 2 is 1.74 bits per heavy atom. The van der Waals surface area contributed by atoms with Crippen molar-refractivity contribution in [3.05, 3.63) is 69.8 Å². The molecule has 2 aliphatic carbocycles. The Kier molecular flexibility index (Phi) is 5.13. The number of piperidine rings is 1. The molecular weight excluding hydrogens is 422 g/mol. The molecule has 0 atom stereocenters. The molecule has 5 nitrogen and oxygen atoms in total. The van der Waals surface area contributed by atoms with Gasteiger partial charge in [0, 0.05) is 54.5 Å². The predicted molar refractivity (Wildman–Crippen MR) is 133 cm³/mol. The second kappa shape index (κ2) is 8.08. The number of ether oxygens (including phenoxy) is 1. The fourth-order valence-electron chi connectivity index (χ4n) is 6.46. The molecule has 0 unspecified atom stereocenters. The van der Waals surface area contributed by atoms with Crippen LogP contribution in [0.1, 0.15) is 59.3 Å². The Hall–Kier alpha value is -2.94. The maximum atomic E-state index is 13.7. The summed E-state index contributed by atoms with van der Waals surface area (Å²) in [6.07, 6.45) is 3.09. The van der Waals surface area contributed by atoms with Crippen LogP contribution in [0.4, 0.5) is 5.69 Å². The molecule has 2 fully saturated rings. The smallest absolute Gasteiger partial charge is 0.193 e. The van der Waals surface area contributed by atoms with Crippen LogP contribution in [0.3, 0.4) is 0 Å². The van der Waals surface area contributed by atoms with Gasteiger partial charge in [0.25, 0.3) is 0 Å². The van der Waals surface area contributed by atoms with E-state index in [1.165, 1.54) is 24.1 Å². The number of Topliss-reactive ketones (excluding diaryl/α,β-unsaturated/α-hetero) is 1. The van der Waals surface area contributed by atoms with Crippen molar-refractivity contribution in [3.63, 3.8) is 0 Å². The van der Waals surface area contributed by atoms with Crippen molar-refractivity contribution in [1.29, 1.82) is 5.26 Å². The van der Waals surface area contributed by atoms with Gasteiger partial charge >= 0.3 is 0 Å². The first-order chi connectivity index (χ1) is 16.5. The Labute approximate surface area is 201 Å². The molecule has 2 aromatic carbocycles. The van der Waals surface area contributed by atoms with Gasteiger partial charge in [0.15, 0.2) is 5.78 Å². The minimum atomic E-state index is -0.230. The largest absolute Gasteiger partial charge is 0.379 e. The first kappa shape index (κ1) is 21.6. The summed E-state index contributed by atoms with van der Waals surface area (Å²) in [4.78, 5) is 18.7. The van der Waals surface area contributed by atoms with E-state index in [0.717, 1.165) is 73.6 Å². The third-order valence-electron chi connectivity index (χ3n) is 8.47. The minimum absolute atomic E-state index is 0.130. The van der Waals surface area contributed by atoms with Crippen LogP contribution in [0.2, 0.25) is 0 Å². The fraction of sp³-hybridized carbons (Fsp3) is 0.448. The van der Waals surface area contributed by atoms with E-state index >= 15 is 0 Å². The lowest BCUT2D eigenvalue weighted by Gasteiger charge is -2.41. The maximum Gasteiger partial charge on any atom is 0.193 e. The van der Waals surface area contributed by atoms with Gasteiger partial charge in [-0.25, -0.2) is 0 Å². The highest BCUT2D eigenvalue weighted by molar-refractivity contribution is 6.33. The van der Waals surface area contributed by atoms with Crippen molar-refractivity contribution < 1.29 is 9.53 Å². The number of anilines is 1. The zero-order valence-electron chi connectivity index (χ0n) is 20.1. The van der Waals surface area contributed by atoms with Gasteiger partial charge in [-0.3, -0.25) is 9.69 Å². The van der Waals surface area contributed by atoms with E-state index in [4.69, 9.17) is 4.74 Å². The first-order valence-corrected chi connectivity index (χ1v) is 12.5. The van der Waals surface area contributed by atoms with Crippen molar-refractivity contribution in [1.82, 2.24) is 4.90 Å². The number of ketones is 1. The summed E-state index contributed by atoms with van der Waals surface area (Å²) in [5.74, 6) is 0.130. The molecule has 174 valence electrons. The molecular formula is C29H31N3O2. The molecule has 34 heavy (non-hydrogen) atoms. The monoisotopic (exact) mass is 453 g/mol. The Morgan fingerprint density at radius 1 is 1.00 bits per heavy atom. The van der Waals surface area contributed by atoms with Gasteiger partial charge in [-0.2, -0.15) is 5.26 Å². The average molecular weight is 454 g/mol. The molecule has 0 aromatic heterocycles. The van der Waals surface area contributed by atoms with Crippen LogP contribution in [-0.4, -0.2) is 56.1 Å². The van der Waals surface area contributed by atoms with E-state index in [2.05, 4.69) is 41.8 Å². The van der Waals surface area contributed by atoms with Crippen LogP contribution in [0, 0.1) is 11.3 Å². The van der Waals surface area contributed by atoms with Crippen LogP contribution in [-0.2, 0) is 16.6 Å². The quantitative estimate of drug-likeness (QED) is 0.677. The third-order valence-corrected chi connectivity index (χ3v) is 8.47. The molecule has 2 heterocycles. The van der Waals surface area contributed by atoms with Crippen molar-refractivity contribution in [2.24, 2.45) is 0 Å². The fourth-order valence-corrected chi connectivity index (χ4v) is 6.46. The Bertz CT molecular complexity index is 1240. The molecule has 2 saturated heterocycles. The predicted octanol–water partition coefficient (Wildman–Crippen LogP) is 4.34. The van der Waals surface area contributed by atoms with Crippen LogP contribution in [0.15, 0.2) is 42.0 Å². The van der Waals surface area contributed by atoms with Crippen molar-refractivity contribution in [3.8, 4) is 6.07 Å². The number of rotatable bonds is 2. The number of nitrogens with zero attached hydrogens (tertiary/aromatic N) is 3. The van der Waals surface area contributed by atoms with Gasteiger partial charge in [-0.05, 0) is 71.9 Å². The molecule has 6 rings (SSSR count). The number of morpholine rings is 1. The summed E-state index contributed by atoms with van der Waals surface area (Å²) in [6, 6.07) is 15.1. The lowest BCUT2D eigenvalue weighted by Crippen LogP contribution is -2.49. The standard InChI is InChI=1S/C29H31N3O2/c1-29(2)25-17-22(31-9-7-21(8-10-31)32-11-13-34-14-12-32)4-6-24(25)28(33)27-23-5-3-19(18-30)15-20(23)16-26(27)29/h3-6,15,17,21H,7-14,16H2,1-2H3. The van der Waals surface area contributed by atoms with Gasteiger partial charge in [0.2, 0.25) is 0 Å². The van der Waals surface area contributed by atoms with Gasteiger partial charge in [0.05, 0.1) is 24.8 Å². The van der Waals surface area contributed by atoms with E-state index in [0.29, 0.717) is 11.6 Å². The highest BCUT2D eigenvalue weighted by Gasteiger charge is 2.43. The van der Waals surface area contributed by atoms with Gasteiger partial charge < -0.3 is 9.64 Å². The van der Waals surface area contributed by atoms with E-state index in [1.807, 2.05) is 24.3 Å². The molecule has 0 radical (unpaired) electrons. The molecule has 0 spiro atoms. The molecule has 0 saturated carbocycles. The van der Waals surface area contributed by atoms with Crippen LogP contribution >= 0.6 is 0 Å². The third kappa shape index (κ3) is 3.32. The summed E-state index contributed by atoms with van der Waals surface area (Å²) in [5.41, 5.74) is 7.78. The zero-order chi connectivity index (χ0) is 23.4. The Balaban J connectivity index is 1.27. The zero-order valence-corrected chi connectivity index (χ0v) is 20.1. The summed E-state index contributed by atoms with van der Waals surface area (Å²) in [7, 11) is 0. The van der Waals surface area contributed by atoms with Crippen molar-refractivity contribution in [2.45, 2.75) is 44.6 Å². The molecule has 4 aliphatic rings. The summed E-state index contributed by atoms with van der Waals surface area (Å²) in [5, 5.41) is 9.33. The summed E-state index contributed by atoms with van der Waals surface area (Å²) < 4.78 is 5.53. The number of nitriles is 1. The maximum absolute atomic E-state index is 13.7. The molecule has 0 amide bonds. The molecule has 5 heteroatoms. The number of carbonyl (C=O) groups excluding carboxylic acids is 1. The number of allylic oxidation sites excluding steroid dienone is 2.